The molecule has 1 aromatic rings. The molecule has 1 aromatic carbocycles. The lowest BCUT2D eigenvalue weighted by atomic mass is 10.1. The lowest BCUT2D eigenvalue weighted by molar-refractivity contribution is -0.136. The number of methoxy groups -OCH3 is 1. The molecule has 3 rings (SSSR count). The van der Waals surface area contributed by atoms with E-state index >= 15 is 0 Å². The van der Waals surface area contributed by atoms with Crippen molar-refractivity contribution in [3.63, 3.8) is 0 Å². The quantitative estimate of drug-likeness (QED) is 0.758. The van der Waals surface area contributed by atoms with E-state index in [4.69, 9.17) is 4.74 Å². The summed E-state index contributed by atoms with van der Waals surface area (Å²) in [6.07, 6.45) is 4.77. The van der Waals surface area contributed by atoms with Gasteiger partial charge >= 0.3 is 0 Å². The highest BCUT2D eigenvalue weighted by Crippen LogP contribution is 2.33. The summed E-state index contributed by atoms with van der Waals surface area (Å²) in [4.78, 5) is 40.3. The first-order valence-corrected chi connectivity index (χ1v) is 9.49. The number of hydrogen-bond donors (Lipinski definition) is 0. The van der Waals surface area contributed by atoms with Crippen LogP contribution >= 0.6 is 11.8 Å². The Morgan fingerprint density at radius 2 is 1.96 bits per heavy atom. The summed E-state index contributed by atoms with van der Waals surface area (Å²) in [5.41, 5.74) is 1.79. The Bertz CT molecular complexity index is 769. The molecule has 2 aliphatic rings. The summed E-state index contributed by atoms with van der Waals surface area (Å²) in [6, 6.07) is 5.53. The van der Waals surface area contributed by atoms with Gasteiger partial charge in [0.15, 0.2) is 0 Å². The van der Waals surface area contributed by atoms with Crippen molar-refractivity contribution in [1.82, 2.24) is 9.80 Å². The molecular weight excluding hydrogens is 352 g/mol. The highest BCUT2D eigenvalue weighted by atomic mass is 32.2. The Kier molecular flexibility index (Phi) is 5.66. The molecule has 2 heterocycles. The van der Waals surface area contributed by atoms with Gasteiger partial charge in [-0.3, -0.25) is 19.3 Å². The predicted molar refractivity (Wildman–Crippen MR) is 101 cm³/mol. The minimum Gasteiger partial charge on any atom is -0.497 e. The highest BCUT2D eigenvalue weighted by Gasteiger charge is 2.37. The van der Waals surface area contributed by atoms with Gasteiger partial charge in [0.2, 0.25) is 5.91 Å². The monoisotopic (exact) mass is 374 g/mol. The van der Waals surface area contributed by atoms with E-state index in [9.17, 15) is 14.4 Å². The summed E-state index contributed by atoms with van der Waals surface area (Å²) in [5, 5.41) is -0.391. The van der Waals surface area contributed by atoms with Crippen molar-refractivity contribution >= 4 is 34.9 Å². The average molecular weight is 374 g/mol. The molecule has 0 bridgehead atoms. The summed E-state index contributed by atoms with van der Waals surface area (Å²) >= 11 is 0.880. The number of ether oxygens (including phenoxy) is 1. The fourth-order valence-corrected chi connectivity index (χ4v) is 3.92. The molecule has 0 saturated carbocycles. The number of imide groups is 1. The third-order valence-corrected chi connectivity index (χ3v) is 5.55. The number of carbonyl (C=O) groups is 3. The van der Waals surface area contributed by atoms with E-state index in [0.717, 1.165) is 52.8 Å². The van der Waals surface area contributed by atoms with E-state index in [-0.39, 0.29) is 12.5 Å². The minimum atomic E-state index is -0.402. The van der Waals surface area contributed by atoms with Gasteiger partial charge in [-0.2, -0.15) is 0 Å². The van der Waals surface area contributed by atoms with Crippen LogP contribution in [-0.2, 0) is 9.59 Å². The summed E-state index contributed by atoms with van der Waals surface area (Å²) in [7, 11) is 1.60. The van der Waals surface area contributed by atoms with Crippen LogP contribution in [0.25, 0.3) is 6.08 Å². The maximum absolute atomic E-state index is 12.6. The van der Waals surface area contributed by atoms with E-state index in [1.165, 1.54) is 0 Å². The lowest BCUT2D eigenvalue weighted by Crippen LogP contribution is -2.44. The van der Waals surface area contributed by atoms with Gasteiger partial charge in [-0.15, -0.1) is 0 Å². The smallest absolute Gasteiger partial charge is 0.294 e. The van der Waals surface area contributed by atoms with Gasteiger partial charge in [0.25, 0.3) is 11.1 Å². The number of likely N-dealkylation sites (tertiary alicyclic amines) is 1. The fourth-order valence-electron chi connectivity index (χ4n) is 3.09. The van der Waals surface area contributed by atoms with Crippen molar-refractivity contribution < 1.29 is 19.1 Å². The SMILES string of the molecule is COc1ccc(C=C2SC(=O)N(CC(=O)N3CCCCC3)C2=O)c(C)c1. The number of hydrogen-bond acceptors (Lipinski definition) is 5. The topological polar surface area (TPSA) is 66.9 Å². The number of benzene rings is 1. The predicted octanol–water partition coefficient (Wildman–Crippen LogP) is 3.05. The highest BCUT2D eigenvalue weighted by molar-refractivity contribution is 8.18. The lowest BCUT2D eigenvalue weighted by Gasteiger charge is -2.27. The van der Waals surface area contributed by atoms with Crippen LogP contribution in [0.1, 0.15) is 30.4 Å². The molecule has 6 nitrogen and oxygen atoms in total. The molecule has 7 heteroatoms. The molecule has 0 N–H and O–H groups in total. The van der Waals surface area contributed by atoms with Crippen LogP contribution < -0.4 is 4.74 Å². The number of carbonyl (C=O) groups excluding carboxylic acids is 3. The van der Waals surface area contributed by atoms with E-state index in [1.54, 1.807) is 18.1 Å². The number of thioether (sulfide) groups is 1. The van der Waals surface area contributed by atoms with Crippen LogP contribution in [0, 0.1) is 6.92 Å². The molecule has 3 amide bonds. The van der Waals surface area contributed by atoms with Gasteiger partial charge in [0.05, 0.1) is 12.0 Å². The second-order valence-electron chi connectivity index (χ2n) is 6.43. The molecule has 0 aromatic heterocycles. The molecule has 138 valence electrons. The molecule has 26 heavy (non-hydrogen) atoms. The zero-order valence-corrected chi connectivity index (χ0v) is 15.8. The number of rotatable bonds is 4. The molecule has 2 aliphatic heterocycles. The maximum atomic E-state index is 12.6. The van der Waals surface area contributed by atoms with E-state index in [1.807, 2.05) is 25.1 Å². The minimum absolute atomic E-state index is 0.158. The van der Waals surface area contributed by atoms with Gasteiger partial charge in [-0.25, -0.2) is 0 Å². The second-order valence-corrected chi connectivity index (χ2v) is 7.43. The molecule has 0 spiro atoms. The molecule has 0 atom stereocenters. The number of aryl methyl sites for hydroxylation is 1. The molecule has 0 radical (unpaired) electrons. The van der Waals surface area contributed by atoms with E-state index in [2.05, 4.69) is 0 Å². The normalized spacial score (nSPS) is 19.4. The molecule has 0 aliphatic carbocycles. The zero-order chi connectivity index (χ0) is 18.7. The van der Waals surface area contributed by atoms with E-state index in [0.29, 0.717) is 18.0 Å². The maximum Gasteiger partial charge on any atom is 0.294 e. The van der Waals surface area contributed by atoms with Crippen molar-refractivity contribution in [3.05, 3.63) is 34.2 Å². The molecule has 0 unspecified atom stereocenters. The zero-order valence-electron chi connectivity index (χ0n) is 15.0. The Labute approximate surface area is 157 Å². The first-order chi connectivity index (χ1) is 12.5. The summed E-state index contributed by atoms with van der Waals surface area (Å²) in [6.45, 7) is 3.15. The van der Waals surface area contributed by atoms with Crippen molar-refractivity contribution in [1.29, 1.82) is 0 Å². The van der Waals surface area contributed by atoms with Crippen LogP contribution in [0.3, 0.4) is 0 Å². The second kappa shape index (κ2) is 7.95. The Hall–Kier alpha value is -2.28. The largest absolute Gasteiger partial charge is 0.497 e. The summed E-state index contributed by atoms with van der Waals surface area (Å²) < 4.78 is 5.18. The van der Waals surface area contributed by atoms with Crippen LogP contribution in [0.2, 0.25) is 0 Å². The van der Waals surface area contributed by atoms with Crippen LogP contribution in [0.5, 0.6) is 5.75 Å². The van der Waals surface area contributed by atoms with Crippen molar-refractivity contribution in [3.8, 4) is 5.75 Å². The van der Waals surface area contributed by atoms with Gasteiger partial charge in [0.1, 0.15) is 12.3 Å². The third kappa shape index (κ3) is 3.93. The number of piperidine rings is 1. The van der Waals surface area contributed by atoms with Crippen LogP contribution in [-0.4, -0.2) is 53.6 Å². The van der Waals surface area contributed by atoms with Crippen molar-refractivity contribution in [2.75, 3.05) is 26.7 Å². The third-order valence-electron chi connectivity index (χ3n) is 4.64. The number of amides is 3. The van der Waals surface area contributed by atoms with Gasteiger partial charge in [-0.05, 0) is 67.3 Å². The standard InChI is InChI=1S/C19H22N2O4S/c1-13-10-15(25-2)7-6-14(13)11-16-18(23)21(19(24)26-16)12-17(22)20-8-4-3-5-9-20/h6-7,10-11H,3-5,8-9,12H2,1-2H3. The van der Waals surface area contributed by atoms with Gasteiger partial charge in [-0.1, -0.05) is 6.07 Å². The Morgan fingerprint density at radius 3 is 2.62 bits per heavy atom. The average Bonchev–Trinajstić information content (AvgIpc) is 2.91. The number of nitrogens with zero attached hydrogens (tertiary/aromatic N) is 2. The van der Waals surface area contributed by atoms with Crippen molar-refractivity contribution in [2.45, 2.75) is 26.2 Å². The molecule has 2 saturated heterocycles. The molecular formula is C19H22N2O4S. The first-order valence-electron chi connectivity index (χ1n) is 8.67. The van der Waals surface area contributed by atoms with Crippen LogP contribution in [0.15, 0.2) is 23.1 Å². The molecule has 2 fully saturated rings. The van der Waals surface area contributed by atoms with Crippen molar-refractivity contribution in [2.24, 2.45) is 0 Å². The first kappa shape index (κ1) is 18.5. The summed E-state index contributed by atoms with van der Waals surface area (Å²) in [5.74, 6) is 0.175. The fraction of sp³-hybridized carbons (Fsp3) is 0.421. The Morgan fingerprint density at radius 1 is 1.23 bits per heavy atom. The Balaban J connectivity index is 1.73. The van der Waals surface area contributed by atoms with Gasteiger partial charge in [0, 0.05) is 13.1 Å². The van der Waals surface area contributed by atoms with Gasteiger partial charge < -0.3 is 9.64 Å². The van der Waals surface area contributed by atoms with Crippen LogP contribution in [0.4, 0.5) is 4.79 Å². The van der Waals surface area contributed by atoms with E-state index < -0.39 is 11.1 Å².